The maximum atomic E-state index is 13.2. The highest BCUT2D eigenvalue weighted by Gasteiger charge is 2.29. The molecule has 1 heterocycles. The molecule has 7 heteroatoms. The number of hydrogen-bond acceptors (Lipinski definition) is 5. The number of ether oxygens (including phenoxy) is 2. The van der Waals surface area contributed by atoms with Crippen molar-refractivity contribution in [3.63, 3.8) is 0 Å². The third kappa shape index (κ3) is 5.04. The first kappa shape index (κ1) is 20.6. The van der Waals surface area contributed by atoms with E-state index in [1.54, 1.807) is 12.5 Å². The van der Waals surface area contributed by atoms with E-state index in [0.29, 0.717) is 24.5 Å². The van der Waals surface area contributed by atoms with Crippen LogP contribution in [-0.2, 0) is 16.4 Å². The highest BCUT2D eigenvalue weighted by Crippen LogP contribution is 2.34. The molecule has 0 amide bonds. The molecule has 2 aromatic rings. The van der Waals surface area contributed by atoms with Crippen LogP contribution in [0.3, 0.4) is 0 Å². The summed E-state index contributed by atoms with van der Waals surface area (Å²) in [6.45, 7) is 4.29. The maximum absolute atomic E-state index is 13.2. The zero-order valence-electron chi connectivity index (χ0n) is 16.1. The summed E-state index contributed by atoms with van der Waals surface area (Å²) in [5.74, 6) is 1.07. The second-order valence-corrected chi connectivity index (χ2v) is 9.16. The van der Waals surface area contributed by atoms with Crippen molar-refractivity contribution in [1.29, 1.82) is 0 Å². The lowest BCUT2D eigenvalue weighted by atomic mass is 10.1. The molecule has 0 fully saturated rings. The van der Waals surface area contributed by atoms with E-state index in [1.165, 1.54) is 16.4 Å². The van der Waals surface area contributed by atoms with Gasteiger partial charge >= 0.3 is 0 Å². The van der Waals surface area contributed by atoms with Crippen LogP contribution in [0.15, 0.2) is 53.4 Å². The fourth-order valence-electron chi connectivity index (χ4n) is 3.03. The molecule has 0 saturated heterocycles. The lowest BCUT2D eigenvalue weighted by molar-refractivity contribution is 0.167. The normalized spacial score (nSPS) is 14.6. The van der Waals surface area contributed by atoms with Crippen molar-refractivity contribution in [3.05, 3.63) is 60.5 Å². The first-order chi connectivity index (χ1) is 13.4. The molecular weight excluding hydrogens is 378 g/mol. The lowest BCUT2D eigenvalue weighted by Gasteiger charge is -2.26. The molecule has 0 unspecified atom stereocenters. The van der Waals surface area contributed by atoms with Crippen LogP contribution in [0, 0.1) is 12.3 Å². The van der Waals surface area contributed by atoms with Crippen LogP contribution in [0.5, 0.6) is 11.5 Å². The summed E-state index contributed by atoms with van der Waals surface area (Å²) < 4.78 is 38.3. The van der Waals surface area contributed by atoms with Crippen molar-refractivity contribution in [2.45, 2.75) is 31.3 Å². The van der Waals surface area contributed by atoms with Gasteiger partial charge in [-0.3, -0.25) is 0 Å². The standard InChI is InChI=1S/C21H26NO5S/c1-16(2)13-22(14-18(23)9-8-17-6-4-3-5-7-17)28(24,25)19-10-11-20-21(12-19)27-15-26-20/h3-7,9-12,16,18,23H,8,13-15H2,1-2H3/t18-/m1/s1. The quantitative estimate of drug-likeness (QED) is 0.696. The molecule has 1 aliphatic rings. The number of aliphatic hydroxyl groups is 1. The van der Waals surface area contributed by atoms with Gasteiger partial charge in [0.2, 0.25) is 16.8 Å². The molecule has 0 aromatic heterocycles. The molecule has 1 atom stereocenters. The van der Waals surface area contributed by atoms with Gasteiger partial charge in [0.1, 0.15) is 0 Å². The molecule has 3 rings (SSSR count). The largest absolute Gasteiger partial charge is 0.454 e. The zero-order valence-corrected chi connectivity index (χ0v) is 16.9. The van der Waals surface area contributed by atoms with E-state index >= 15 is 0 Å². The third-order valence-corrected chi connectivity index (χ3v) is 6.24. The highest BCUT2D eigenvalue weighted by molar-refractivity contribution is 7.89. The van der Waals surface area contributed by atoms with Crippen LogP contribution in [0.25, 0.3) is 0 Å². The summed E-state index contributed by atoms with van der Waals surface area (Å²) in [4.78, 5) is 0.132. The molecule has 28 heavy (non-hydrogen) atoms. The Morgan fingerprint density at radius 2 is 1.79 bits per heavy atom. The number of nitrogens with zero attached hydrogens (tertiary/aromatic N) is 1. The summed E-state index contributed by atoms with van der Waals surface area (Å²) in [6.07, 6.45) is 1.43. The molecule has 0 spiro atoms. The Hall–Kier alpha value is -2.09. The average molecular weight is 405 g/mol. The van der Waals surface area contributed by atoms with E-state index in [1.807, 2.05) is 44.2 Å². The molecule has 0 aliphatic carbocycles. The van der Waals surface area contributed by atoms with E-state index in [2.05, 4.69) is 0 Å². The summed E-state index contributed by atoms with van der Waals surface area (Å²) >= 11 is 0. The summed E-state index contributed by atoms with van der Waals surface area (Å²) in [6, 6.07) is 14.3. The Labute approximate surface area is 166 Å². The molecule has 1 radical (unpaired) electrons. The second kappa shape index (κ2) is 8.94. The highest BCUT2D eigenvalue weighted by atomic mass is 32.2. The van der Waals surface area contributed by atoms with Gasteiger partial charge in [-0.1, -0.05) is 44.2 Å². The SMILES string of the molecule is CC(C)CN(C[C@H](O)[CH]Cc1ccccc1)S(=O)(=O)c1ccc2c(c1)OCO2. The van der Waals surface area contributed by atoms with Crippen LogP contribution in [-0.4, -0.2) is 43.8 Å². The molecular formula is C21H26NO5S. The van der Waals surface area contributed by atoms with Gasteiger partial charge in [-0.05, 0) is 36.5 Å². The zero-order chi connectivity index (χ0) is 20.1. The Morgan fingerprint density at radius 1 is 1.07 bits per heavy atom. The monoisotopic (exact) mass is 404 g/mol. The van der Waals surface area contributed by atoms with Crippen LogP contribution in [0.4, 0.5) is 0 Å². The molecule has 0 bridgehead atoms. The third-order valence-electron chi connectivity index (χ3n) is 4.41. The van der Waals surface area contributed by atoms with Gasteiger partial charge in [0.25, 0.3) is 0 Å². The fraction of sp³-hybridized carbons (Fsp3) is 0.381. The number of aliphatic hydroxyl groups excluding tert-OH is 1. The van der Waals surface area contributed by atoms with E-state index in [0.717, 1.165) is 5.56 Å². The Morgan fingerprint density at radius 3 is 2.50 bits per heavy atom. The van der Waals surface area contributed by atoms with Crippen LogP contribution in [0.1, 0.15) is 19.4 Å². The van der Waals surface area contributed by atoms with Crippen molar-refractivity contribution in [2.24, 2.45) is 5.92 Å². The lowest BCUT2D eigenvalue weighted by Crippen LogP contribution is -2.40. The van der Waals surface area contributed by atoms with Gasteiger partial charge < -0.3 is 14.6 Å². The summed E-state index contributed by atoms with van der Waals surface area (Å²) in [7, 11) is -3.78. The minimum absolute atomic E-state index is 0.00177. The van der Waals surface area contributed by atoms with Gasteiger partial charge in [0, 0.05) is 19.2 Å². The van der Waals surface area contributed by atoms with Gasteiger partial charge in [-0.2, -0.15) is 4.31 Å². The van der Waals surface area contributed by atoms with Crippen LogP contribution >= 0.6 is 0 Å². The molecule has 151 valence electrons. The van der Waals surface area contributed by atoms with Crippen molar-refractivity contribution < 1.29 is 23.0 Å². The van der Waals surface area contributed by atoms with E-state index in [9.17, 15) is 13.5 Å². The predicted octanol–water partition coefficient (Wildman–Crippen LogP) is 2.87. The van der Waals surface area contributed by atoms with Crippen LogP contribution in [0.2, 0.25) is 0 Å². The van der Waals surface area contributed by atoms with E-state index in [4.69, 9.17) is 9.47 Å². The smallest absolute Gasteiger partial charge is 0.243 e. The van der Waals surface area contributed by atoms with Crippen molar-refractivity contribution in [3.8, 4) is 11.5 Å². The Balaban J connectivity index is 1.73. The average Bonchev–Trinajstić information content (AvgIpc) is 3.14. The van der Waals surface area contributed by atoms with Crippen molar-refractivity contribution in [2.75, 3.05) is 19.9 Å². The molecule has 1 N–H and O–H groups in total. The number of rotatable bonds is 9. The molecule has 0 saturated carbocycles. The number of hydrogen-bond donors (Lipinski definition) is 1. The predicted molar refractivity (Wildman–Crippen MR) is 107 cm³/mol. The molecule has 6 nitrogen and oxygen atoms in total. The first-order valence-corrected chi connectivity index (χ1v) is 10.8. The number of sulfonamides is 1. The minimum Gasteiger partial charge on any atom is -0.454 e. The van der Waals surface area contributed by atoms with Gasteiger partial charge in [-0.25, -0.2) is 8.42 Å². The van der Waals surface area contributed by atoms with E-state index in [-0.39, 0.29) is 24.2 Å². The molecule has 1 aliphatic heterocycles. The Bertz CT molecular complexity index is 883. The van der Waals surface area contributed by atoms with Gasteiger partial charge in [0.05, 0.1) is 11.0 Å². The topological polar surface area (TPSA) is 76.1 Å². The second-order valence-electron chi connectivity index (χ2n) is 7.22. The van der Waals surface area contributed by atoms with Crippen molar-refractivity contribution in [1.82, 2.24) is 4.31 Å². The van der Waals surface area contributed by atoms with Gasteiger partial charge in [-0.15, -0.1) is 0 Å². The summed E-state index contributed by atoms with van der Waals surface area (Å²) in [5.41, 5.74) is 1.07. The van der Waals surface area contributed by atoms with Gasteiger partial charge in [0.15, 0.2) is 11.5 Å². The first-order valence-electron chi connectivity index (χ1n) is 9.31. The van der Waals surface area contributed by atoms with E-state index < -0.39 is 16.1 Å². The molecule has 2 aromatic carbocycles. The fourth-order valence-corrected chi connectivity index (χ4v) is 4.67. The summed E-state index contributed by atoms with van der Waals surface area (Å²) in [5, 5.41) is 10.5. The van der Waals surface area contributed by atoms with Crippen molar-refractivity contribution >= 4 is 10.0 Å². The maximum Gasteiger partial charge on any atom is 0.243 e. The van der Waals surface area contributed by atoms with Crippen LogP contribution < -0.4 is 9.47 Å². The number of benzene rings is 2. The number of fused-ring (bicyclic) bond motifs is 1. The Kier molecular flexibility index (Phi) is 6.59. The minimum atomic E-state index is -3.78.